The summed E-state index contributed by atoms with van der Waals surface area (Å²) in [6.45, 7) is 38.3. The van der Waals surface area contributed by atoms with E-state index in [2.05, 4.69) is 132 Å². The fraction of sp³-hybridized carbons (Fsp3) is 0.626. The molecular formula is C107H148N20O12S4. The Hall–Kier alpha value is -10.1. The van der Waals surface area contributed by atoms with Crippen LogP contribution in [0.3, 0.4) is 0 Å². The van der Waals surface area contributed by atoms with Crippen LogP contribution in [0.4, 0.5) is 23.3 Å². The van der Waals surface area contributed by atoms with E-state index in [0.717, 1.165) is 202 Å². The lowest BCUT2D eigenvalue weighted by Gasteiger charge is -2.38. The van der Waals surface area contributed by atoms with Gasteiger partial charge in [0.2, 0.25) is 0 Å². The van der Waals surface area contributed by atoms with Crippen LogP contribution in [0.15, 0.2) is 49.1 Å². The van der Waals surface area contributed by atoms with Crippen molar-refractivity contribution in [2.24, 2.45) is 22.7 Å². The SMILES string of the molecule is CCC(C)(C)Nc1cc(C)c(-c2sc(C(=O)NCC(C)(C)O)nc2C(=O)N2C3CCC2CC3)cn1.Cc1cc(NC(C2CC2)C2CC2)ncc1-c1sc(C(=O)NCC(C)(C)O)nc1C(=O)N1C2CCC1CC2.Cc1cc(NCC(C)(C)C)ncc1-c1sc(C(=O)NCC(C)(C)O)nc1C(=O)N1C2CCC1CC2.Cc1cc(NCC2(C)CCC2)ncc1-c1sc(C(=O)NCC(C)(C)O)nc1C(=O)N1C2CCC1CC2. The van der Waals surface area contributed by atoms with Crippen molar-refractivity contribution in [1.29, 1.82) is 0 Å². The largest absolute Gasteiger partial charge is 0.389 e. The highest BCUT2D eigenvalue weighted by molar-refractivity contribution is 7.18. The number of aromatic nitrogens is 8. The maximum atomic E-state index is 13.8. The molecule has 3 saturated carbocycles. The molecule has 0 unspecified atom stereocenters. The number of amides is 8. The van der Waals surface area contributed by atoms with E-state index in [0.29, 0.717) is 53.7 Å². The predicted octanol–water partition coefficient (Wildman–Crippen LogP) is 17.4. The van der Waals surface area contributed by atoms with Gasteiger partial charge in [0.05, 0.1) is 41.9 Å². The summed E-state index contributed by atoms with van der Waals surface area (Å²) >= 11 is 4.86. The molecule has 8 aliphatic heterocycles. The zero-order valence-electron chi connectivity index (χ0n) is 86.7. The van der Waals surface area contributed by atoms with Crippen molar-refractivity contribution in [3.8, 4) is 41.8 Å². The summed E-state index contributed by atoms with van der Waals surface area (Å²) in [6.07, 6.45) is 33.6. The van der Waals surface area contributed by atoms with E-state index in [1.807, 2.05) is 71.7 Å². The number of nitrogens with one attached hydrogen (secondary N) is 8. The maximum absolute atomic E-state index is 13.8. The Morgan fingerprint density at radius 1 is 0.371 bits per heavy atom. The van der Waals surface area contributed by atoms with Gasteiger partial charge in [-0.25, -0.2) is 39.9 Å². The van der Waals surface area contributed by atoms with Crippen LogP contribution in [-0.2, 0) is 0 Å². The first-order valence-corrected chi connectivity index (χ1v) is 54.9. The fourth-order valence-corrected chi connectivity index (χ4v) is 25.4. The van der Waals surface area contributed by atoms with Crippen LogP contribution >= 0.6 is 45.3 Å². The Morgan fingerprint density at radius 2 is 0.622 bits per heavy atom. The Morgan fingerprint density at radius 3 is 0.860 bits per heavy atom. The zero-order chi connectivity index (χ0) is 103. The van der Waals surface area contributed by atoms with Gasteiger partial charge >= 0.3 is 0 Å². The van der Waals surface area contributed by atoms with Crippen LogP contribution in [0, 0.1) is 50.4 Å². The van der Waals surface area contributed by atoms with E-state index in [-0.39, 0.29) is 141 Å². The monoisotopic (exact) mass is 2030 g/mol. The minimum Gasteiger partial charge on any atom is -0.389 e. The first-order chi connectivity index (χ1) is 67.4. The smallest absolute Gasteiger partial charge is 0.280 e. The summed E-state index contributed by atoms with van der Waals surface area (Å²) in [4.78, 5) is 154. The highest BCUT2D eigenvalue weighted by Crippen LogP contribution is 2.50. The molecule has 0 radical (unpaired) electrons. The second-order valence-corrected chi connectivity index (χ2v) is 50.6. The molecule has 8 bridgehead atoms. The number of fused-ring (bicyclic) bond motifs is 8. The molecule has 19 rings (SSSR count). The molecule has 143 heavy (non-hydrogen) atoms. The number of aryl methyl sites for hydroxylation is 4. The fourth-order valence-electron chi connectivity index (χ4n) is 21.2. The minimum atomic E-state index is -1.04. The number of aliphatic hydroxyl groups is 4. The molecule has 11 aliphatic rings. The minimum absolute atomic E-state index is 0.0816. The third-order valence-electron chi connectivity index (χ3n) is 30.0. The number of nitrogens with zero attached hydrogens (tertiary/aromatic N) is 12. The number of thiazole rings is 4. The van der Waals surface area contributed by atoms with Gasteiger partial charge in [0.25, 0.3) is 47.3 Å². The molecule has 36 heteroatoms. The summed E-state index contributed by atoms with van der Waals surface area (Å²) < 4.78 is 0. The average molecular weight is 2030 g/mol. The third-order valence-corrected chi connectivity index (χ3v) is 34.3. The van der Waals surface area contributed by atoms with Crippen LogP contribution in [0.1, 0.15) is 361 Å². The van der Waals surface area contributed by atoms with Gasteiger partial charge in [0.1, 0.15) is 46.0 Å². The van der Waals surface area contributed by atoms with Crippen molar-refractivity contribution < 1.29 is 58.8 Å². The molecule has 3 aliphatic carbocycles. The van der Waals surface area contributed by atoms with Crippen LogP contribution < -0.4 is 42.5 Å². The zero-order valence-corrected chi connectivity index (χ0v) is 90.0. The molecule has 8 aromatic heterocycles. The quantitative estimate of drug-likeness (QED) is 0.0186. The van der Waals surface area contributed by atoms with Gasteiger partial charge in [-0.1, -0.05) is 41.0 Å². The van der Waals surface area contributed by atoms with Crippen LogP contribution in [0.25, 0.3) is 41.8 Å². The normalized spacial score (nSPS) is 21.3. The molecule has 32 nitrogen and oxygen atoms in total. The van der Waals surface area contributed by atoms with E-state index < -0.39 is 34.2 Å². The highest BCUT2D eigenvalue weighted by atomic mass is 32.1. The van der Waals surface area contributed by atoms with Crippen LogP contribution in [0.5, 0.6) is 0 Å². The number of hydrogen-bond donors (Lipinski definition) is 12. The van der Waals surface area contributed by atoms with E-state index >= 15 is 0 Å². The summed E-state index contributed by atoms with van der Waals surface area (Å²) in [5.41, 5.74) is 4.71. The van der Waals surface area contributed by atoms with E-state index in [4.69, 9.17) is 4.98 Å². The highest BCUT2D eigenvalue weighted by Gasteiger charge is 2.50. The van der Waals surface area contributed by atoms with Gasteiger partial charge in [0.15, 0.2) is 20.0 Å². The molecule has 0 atom stereocenters. The number of hydrogen-bond acceptors (Lipinski definition) is 28. The van der Waals surface area contributed by atoms with Gasteiger partial charge in [-0.15, -0.1) is 45.3 Å². The van der Waals surface area contributed by atoms with Crippen molar-refractivity contribution >= 4 is 116 Å². The third kappa shape index (κ3) is 25.4. The topological polar surface area (TPSA) is 430 Å². The summed E-state index contributed by atoms with van der Waals surface area (Å²) in [5, 5.41) is 65.9. The number of pyridine rings is 4. The lowest BCUT2D eigenvalue weighted by Crippen LogP contribution is -2.38. The summed E-state index contributed by atoms with van der Waals surface area (Å²) in [5.74, 6) is 2.86. The van der Waals surface area contributed by atoms with Gasteiger partial charge in [-0.2, -0.15) is 0 Å². The molecule has 8 saturated heterocycles. The number of carbonyl (C=O) groups excluding carboxylic acids is 8. The molecule has 8 aromatic rings. The van der Waals surface area contributed by atoms with Gasteiger partial charge in [-0.05, 0) is 314 Å². The van der Waals surface area contributed by atoms with E-state index in [1.165, 1.54) is 90.3 Å². The Labute approximate surface area is 856 Å². The Kier molecular flexibility index (Phi) is 31.3. The maximum Gasteiger partial charge on any atom is 0.280 e. The summed E-state index contributed by atoms with van der Waals surface area (Å²) in [7, 11) is 0. The predicted molar refractivity (Wildman–Crippen MR) is 563 cm³/mol. The van der Waals surface area contributed by atoms with Crippen LogP contribution in [-0.4, -0.2) is 249 Å². The van der Waals surface area contributed by atoms with Crippen molar-refractivity contribution in [3.63, 3.8) is 0 Å². The van der Waals surface area contributed by atoms with Gasteiger partial charge in [-0.3, -0.25) is 38.4 Å². The Balaban J connectivity index is 0.000000137. The number of anilines is 4. The molecule has 11 fully saturated rings. The standard InChI is InChI=1S/C28H37N5O3S.C27H37N5O3S.2C26H37N5O3S/c1-15-12-21(31-22(16-4-5-16)17-6-7-17)29-13-20(15)24-23(27(35)33-18-8-9-19(33)11-10-18)32-26(37-24)25(34)30-14-28(2,3)36;1-16-12-20(29-15-27(4)10-5-11-27)28-13-19(16)22-21(25(34)32-17-6-7-18(32)9-8-17)31-24(36-22)23(33)30-14-26(2,3)35;1-15-11-19(28-13-25(2,3)4)27-12-18(15)21-20(24(33)31-16-7-8-17(31)10-9-16)30-23(35-21)22(32)29-14-26(5,6)34;1-7-25(3,4)30-19-12-15(2)18(13-27-19)21-20(24(33)31-16-8-9-17(31)11-10-16)29-23(35-21)22(32)28-14-26(5,6)34/h12-13,16-19,22,36H,4-11,14H2,1-3H3,(H,29,31)(H,30,34);12-13,17-18,35H,5-11,14-15H2,1-4H3,(H,28,29)(H,30,33);11-12,16-17,34H,7-10,13-14H2,1-6H3,(H,27,28)(H,29,32);12-13,16-17,34H,7-11,14H2,1-6H3,(H,27,30)(H,28,32). The molecular weight excluding hydrogens is 1890 g/mol. The number of rotatable bonds is 32. The van der Waals surface area contributed by atoms with Crippen molar-refractivity contribution in [2.75, 3.05) is 60.5 Å². The van der Waals surface area contributed by atoms with Crippen molar-refractivity contribution in [2.45, 2.75) is 368 Å². The molecule has 8 amide bonds. The van der Waals surface area contributed by atoms with Gasteiger partial charge < -0.3 is 82.6 Å². The van der Waals surface area contributed by atoms with E-state index in [1.54, 1.807) is 74.0 Å². The first kappa shape index (κ1) is 106. The van der Waals surface area contributed by atoms with Gasteiger partial charge in [0, 0.05) is 146 Å². The van der Waals surface area contributed by atoms with Crippen molar-refractivity contribution in [1.82, 2.24) is 80.7 Å². The second-order valence-electron chi connectivity index (χ2n) is 46.6. The molecule has 0 aromatic carbocycles. The lowest BCUT2D eigenvalue weighted by molar-refractivity contribution is 0.0691. The van der Waals surface area contributed by atoms with Crippen molar-refractivity contribution in [3.05, 3.63) is 114 Å². The molecule has 0 spiro atoms. The molecule has 16 heterocycles. The Bertz CT molecular complexity index is 5960. The van der Waals surface area contributed by atoms with E-state index in [9.17, 15) is 58.8 Å². The number of carbonyl (C=O) groups is 8. The summed E-state index contributed by atoms with van der Waals surface area (Å²) in [6, 6.07) is 10.7. The molecule has 12 N–H and O–H groups in total. The second kappa shape index (κ2) is 42.4. The lowest BCUT2D eigenvalue weighted by atomic mass is 9.70. The molecule has 772 valence electrons. The van der Waals surface area contributed by atoms with Crippen LogP contribution in [0.2, 0.25) is 0 Å². The first-order valence-electron chi connectivity index (χ1n) is 51.7. The average Bonchev–Trinajstić information content (AvgIpc) is 1.62.